The van der Waals surface area contributed by atoms with Gasteiger partial charge in [0.2, 0.25) is 0 Å². The van der Waals surface area contributed by atoms with Gasteiger partial charge in [0, 0.05) is 12.1 Å². The summed E-state index contributed by atoms with van der Waals surface area (Å²) in [6.07, 6.45) is 2.87. The van der Waals surface area contributed by atoms with Gasteiger partial charge >= 0.3 is 0 Å². The fourth-order valence-electron chi connectivity index (χ4n) is 2.86. The smallest absolute Gasteiger partial charge is 0.294 e. The maximum Gasteiger partial charge on any atom is 0.294 e. The fraction of sp³-hybridized carbons (Fsp3) is 0.500. The van der Waals surface area contributed by atoms with Crippen molar-refractivity contribution in [1.82, 2.24) is 5.32 Å². The molecule has 0 aliphatic heterocycles. The van der Waals surface area contributed by atoms with Crippen molar-refractivity contribution in [1.29, 1.82) is 0 Å². The molecule has 0 spiro atoms. The molecule has 1 aromatic rings. The predicted molar refractivity (Wildman–Crippen MR) is 79.8 cm³/mol. The van der Waals surface area contributed by atoms with Gasteiger partial charge in [-0.2, -0.15) is 0 Å². The minimum atomic E-state index is -0.565. The minimum absolute atomic E-state index is 0.0391. The first-order valence-electron chi connectivity index (χ1n) is 6.89. The van der Waals surface area contributed by atoms with Gasteiger partial charge in [-0.3, -0.25) is 20.8 Å². The van der Waals surface area contributed by atoms with Crippen LogP contribution in [0.15, 0.2) is 18.2 Å². The first kappa shape index (κ1) is 15.2. The second kappa shape index (κ2) is 5.69. The number of carbonyl (C=O) groups is 1. The third-order valence-corrected chi connectivity index (χ3v) is 3.93. The van der Waals surface area contributed by atoms with E-state index in [1.54, 1.807) is 0 Å². The van der Waals surface area contributed by atoms with Crippen LogP contribution in [-0.2, 0) is 0 Å². The van der Waals surface area contributed by atoms with Crippen LogP contribution in [0.4, 0.5) is 11.4 Å². The van der Waals surface area contributed by atoms with Crippen molar-refractivity contribution in [2.45, 2.75) is 39.2 Å². The highest BCUT2D eigenvalue weighted by Crippen LogP contribution is 2.37. The molecule has 1 aliphatic rings. The summed E-state index contributed by atoms with van der Waals surface area (Å²) in [4.78, 5) is 22.7. The van der Waals surface area contributed by atoms with Gasteiger partial charge in [0.15, 0.2) is 0 Å². The lowest BCUT2D eigenvalue weighted by molar-refractivity contribution is -0.384. The van der Waals surface area contributed by atoms with E-state index >= 15 is 0 Å². The highest BCUT2D eigenvalue weighted by atomic mass is 16.6. The molecule has 1 unspecified atom stereocenters. The third-order valence-electron chi connectivity index (χ3n) is 3.93. The molecule has 1 saturated carbocycles. The predicted octanol–water partition coefficient (Wildman–Crippen LogP) is 2.19. The molecule has 0 aromatic heterocycles. The normalized spacial score (nSPS) is 20.0. The number of amides is 1. The highest BCUT2D eigenvalue weighted by molar-refractivity contribution is 6.01. The molecule has 4 N–H and O–H groups in total. The minimum Gasteiger partial charge on any atom is -0.349 e. The van der Waals surface area contributed by atoms with Crippen molar-refractivity contribution in [3.63, 3.8) is 0 Å². The van der Waals surface area contributed by atoms with Gasteiger partial charge < -0.3 is 10.7 Å². The number of hydrogen-bond acceptors (Lipinski definition) is 5. The van der Waals surface area contributed by atoms with E-state index < -0.39 is 4.92 Å². The number of nitro benzene ring substituents is 1. The summed E-state index contributed by atoms with van der Waals surface area (Å²) in [7, 11) is 0. The number of benzene rings is 1. The molecule has 0 bridgehead atoms. The molecular weight excluding hydrogens is 272 g/mol. The van der Waals surface area contributed by atoms with Crippen LogP contribution in [-0.4, -0.2) is 16.9 Å². The Balaban J connectivity index is 2.20. The lowest BCUT2D eigenvalue weighted by Crippen LogP contribution is -2.34. The first-order chi connectivity index (χ1) is 9.84. The number of para-hydroxylation sites is 1. The second-order valence-corrected chi connectivity index (χ2v) is 6.18. The summed E-state index contributed by atoms with van der Waals surface area (Å²) in [5.74, 6) is 5.01. The molecular formula is C14H20N4O3. The lowest BCUT2D eigenvalue weighted by Gasteiger charge is -2.18. The number of hydrogen-bond donors (Lipinski definition) is 3. The lowest BCUT2D eigenvalue weighted by atomic mass is 9.92. The Kier molecular flexibility index (Phi) is 4.13. The van der Waals surface area contributed by atoms with Gasteiger partial charge in [-0.25, -0.2) is 0 Å². The van der Waals surface area contributed by atoms with Crippen LogP contribution in [0.1, 0.15) is 43.5 Å². The van der Waals surface area contributed by atoms with Gasteiger partial charge in [-0.1, -0.05) is 19.9 Å². The summed E-state index contributed by atoms with van der Waals surface area (Å²) in [5.41, 5.74) is 2.50. The number of rotatable bonds is 4. The molecule has 1 aromatic carbocycles. The van der Waals surface area contributed by atoms with Crippen molar-refractivity contribution in [2.75, 3.05) is 5.43 Å². The highest BCUT2D eigenvalue weighted by Gasteiger charge is 2.32. The summed E-state index contributed by atoms with van der Waals surface area (Å²) in [5, 5.41) is 13.9. The van der Waals surface area contributed by atoms with E-state index in [0.29, 0.717) is 0 Å². The molecule has 7 nitrogen and oxygen atoms in total. The van der Waals surface area contributed by atoms with Crippen molar-refractivity contribution >= 4 is 17.3 Å². The number of nitrogen functional groups attached to an aromatic ring is 1. The van der Waals surface area contributed by atoms with Crippen LogP contribution in [0, 0.1) is 15.5 Å². The van der Waals surface area contributed by atoms with Gasteiger partial charge in [0.1, 0.15) is 5.69 Å². The summed E-state index contributed by atoms with van der Waals surface area (Å²) in [6.45, 7) is 4.33. The van der Waals surface area contributed by atoms with E-state index in [4.69, 9.17) is 5.84 Å². The Labute approximate surface area is 123 Å². The average molecular weight is 292 g/mol. The SMILES string of the molecule is CC1(C)CCC(NC(=O)c2cccc([N+](=O)[O-])c2NN)C1. The van der Waals surface area contributed by atoms with Gasteiger partial charge in [0.25, 0.3) is 11.6 Å². The first-order valence-corrected chi connectivity index (χ1v) is 6.89. The van der Waals surface area contributed by atoms with Crippen molar-refractivity contribution in [3.05, 3.63) is 33.9 Å². The average Bonchev–Trinajstić information content (AvgIpc) is 2.76. The Morgan fingerprint density at radius 1 is 1.48 bits per heavy atom. The molecule has 1 atom stereocenters. The van der Waals surface area contributed by atoms with Crippen LogP contribution in [0.2, 0.25) is 0 Å². The largest absolute Gasteiger partial charge is 0.349 e. The van der Waals surface area contributed by atoms with E-state index in [9.17, 15) is 14.9 Å². The van der Waals surface area contributed by atoms with E-state index in [2.05, 4.69) is 24.6 Å². The van der Waals surface area contributed by atoms with Crippen LogP contribution < -0.4 is 16.6 Å². The van der Waals surface area contributed by atoms with Crippen molar-refractivity contribution in [3.8, 4) is 0 Å². The Morgan fingerprint density at radius 3 is 2.71 bits per heavy atom. The van der Waals surface area contributed by atoms with E-state index in [0.717, 1.165) is 19.3 Å². The zero-order valence-electron chi connectivity index (χ0n) is 12.2. The van der Waals surface area contributed by atoms with E-state index in [-0.39, 0.29) is 34.3 Å². The van der Waals surface area contributed by atoms with Crippen LogP contribution in [0.3, 0.4) is 0 Å². The topological polar surface area (TPSA) is 110 Å². The van der Waals surface area contributed by atoms with Crippen LogP contribution in [0.5, 0.6) is 0 Å². The number of nitrogens with one attached hydrogen (secondary N) is 2. The molecule has 21 heavy (non-hydrogen) atoms. The summed E-state index contributed by atoms with van der Waals surface area (Å²) < 4.78 is 0. The molecule has 2 rings (SSSR count). The number of nitro groups is 1. The molecule has 1 aliphatic carbocycles. The number of hydrazine groups is 1. The number of nitrogens with two attached hydrogens (primary N) is 1. The third kappa shape index (κ3) is 3.30. The Morgan fingerprint density at radius 2 is 2.19 bits per heavy atom. The standard InChI is InChI=1S/C14H20N4O3/c1-14(2)7-6-9(8-14)16-13(19)10-4-3-5-11(18(20)21)12(10)17-15/h3-5,9,17H,6-8,15H2,1-2H3,(H,16,19). The molecule has 0 heterocycles. The number of carbonyl (C=O) groups excluding carboxylic acids is 1. The van der Waals surface area contributed by atoms with Crippen LogP contribution >= 0.6 is 0 Å². The molecule has 114 valence electrons. The monoisotopic (exact) mass is 292 g/mol. The quantitative estimate of drug-likeness (QED) is 0.447. The number of nitrogens with zero attached hydrogens (tertiary/aromatic N) is 1. The molecule has 0 saturated heterocycles. The van der Waals surface area contributed by atoms with Crippen LogP contribution in [0.25, 0.3) is 0 Å². The molecule has 1 fully saturated rings. The maximum atomic E-state index is 12.3. The van der Waals surface area contributed by atoms with E-state index in [1.807, 2.05) is 0 Å². The number of anilines is 1. The molecule has 1 amide bonds. The zero-order valence-corrected chi connectivity index (χ0v) is 12.2. The van der Waals surface area contributed by atoms with Crippen molar-refractivity contribution in [2.24, 2.45) is 11.3 Å². The van der Waals surface area contributed by atoms with Gasteiger partial charge in [0.05, 0.1) is 10.5 Å². The maximum absolute atomic E-state index is 12.3. The summed E-state index contributed by atoms with van der Waals surface area (Å²) in [6, 6.07) is 4.41. The zero-order chi connectivity index (χ0) is 15.6. The fourth-order valence-corrected chi connectivity index (χ4v) is 2.86. The molecule has 7 heteroatoms. The molecule has 0 radical (unpaired) electrons. The second-order valence-electron chi connectivity index (χ2n) is 6.18. The van der Waals surface area contributed by atoms with E-state index in [1.165, 1.54) is 18.2 Å². The van der Waals surface area contributed by atoms with Crippen molar-refractivity contribution < 1.29 is 9.72 Å². The summed E-state index contributed by atoms with van der Waals surface area (Å²) >= 11 is 0. The van der Waals surface area contributed by atoms with Gasteiger partial charge in [-0.05, 0) is 30.7 Å². The Hall–Kier alpha value is -2.15. The Bertz CT molecular complexity index is 571. The van der Waals surface area contributed by atoms with Gasteiger partial charge in [-0.15, -0.1) is 0 Å².